The van der Waals surface area contributed by atoms with Crippen LogP contribution >= 0.6 is 0 Å². The third kappa shape index (κ3) is 20.6. The number of nitrogens with one attached hydrogen (secondary N) is 7. The molecule has 4 fully saturated rings. The number of benzene rings is 5. The van der Waals surface area contributed by atoms with Crippen molar-refractivity contribution in [1.82, 2.24) is 59.4 Å². The molecule has 0 saturated heterocycles. The van der Waals surface area contributed by atoms with Crippen LogP contribution in [0.4, 0.5) is 13.2 Å². The first kappa shape index (κ1) is 80.1. The number of halogens is 3. The van der Waals surface area contributed by atoms with Gasteiger partial charge in [0.05, 0.1) is 0 Å². The van der Waals surface area contributed by atoms with E-state index in [1.807, 2.05) is 85.8 Å². The van der Waals surface area contributed by atoms with E-state index in [9.17, 15) is 51.5 Å². The fourth-order valence-electron chi connectivity index (χ4n) is 17.3. The Morgan fingerprint density at radius 3 is 1.03 bits per heavy atom. The molecular formula is C91H95F3N12O8. The summed E-state index contributed by atoms with van der Waals surface area (Å²) in [6.45, 7) is 1.94. The van der Waals surface area contributed by atoms with Crippen LogP contribution in [-0.4, -0.2) is 59.4 Å². The number of aromatic amines is 7. The van der Waals surface area contributed by atoms with Crippen LogP contribution in [0.15, 0.2) is 245 Å². The summed E-state index contributed by atoms with van der Waals surface area (Å²) in [5.74, 6) is 3.23. The standard InChI is InChI=1S/C24H26N2O2.C23H22F3N3O2.C23H25N3O2.C21H22N4O2/c1-26-23(27)21(16-17-8-4-2-5-9-17)22(25-24(26)28)20-14-12-19(13-15-20)18-10-6-3-7-11-18;24-23(25,26)19-8-4-7-17(27-19)13-18-20(28-22(31)29-21(18)30)16-11-9-15(10-12-16)14-5-2-1-3-6-14;1-15-6-5-9-19(24-15)14-20-21(25-23(28)26-22(20)27)18-12-10-17(11-13-18)16-7-3-2-4-8-16;26-20-17(13-18-22-11-4-12-23-18)19(24-21(27)25-20)16-9-7-15(8-10-16)14-5-2-1-3-6-14/h2-11,19-20H,12-16H2,1H3,(H,25,28);1-8,15-16H,9-13H2,(H2,28,29,30,31);2-9,17-18H,10-14H2,1H3,(H2,25,26,27,28);1-6,11-12,15-16H,7-10,13H2,(H2,24,25,26,27). The van der Waals surface area contributed by atoms with Crippen molar-refractivity contribution in [1.29, 1.82) is 0 Å². The number of aromatic nitrogens is 12. The van der Waals surface area contributed by atoms with Gasteiger partial charge in [0.15, 0.2) is 0 Å². The Labute approximate surface area is 656 Å². The lowest BCUT2D eigenvalue weighted by atomic mass is 9.76. The second kappa shape index (κ2) is 37.5. The molecule has 4 saturated carbocycles. The highest BCUT2D eigenvalue weighted by atomic mass is 19.4. The normalized spacial score (nSPS) is 19.5. The van der Waals surface area contributed by atoms with Crippen molar-refractivity contribution >= 4 is 0 Å². The molecule has 7 heterocycles. The van der Waals surface area contributed by atoms with Crippen molar-refractivity contribution < 1.29 is 13.2 Å². The average Bonchev–Trinajstić information content (AvgIpc) is 0.789. The molecule has 7 aromatic heterocycles. The van der Waals surface area contributed by atoms with Crippen molar-refractivity contribution in [3.8, 4) is 0 Å². The van der Waals surface area contributed by atoms with E-state index in [-0.39, 0.29) is 63.7 Å². The van der Waals surface area contributed by atoms with E-state index < -0.39 is 34.5 Å². The van der Waals surface area contributed by atoms with Gasteiger partial charge in [-0.15, -0.1) is 0 Å². The molecule has 0 bridgehead atoms. The first-order valence-corrected chi connectivity index (χ1v) is 39.6. The van der Waals surface area contributed by atoms with E-state index >= 15 is 0 Å². The summed E-state index contributed by atoms with van der Waals surface area (Å²) in [5.41, 5.74) is 9.33. The van der Waals surface area contributed by atoms with Gasteiger partial charge < -0.3 is 19.9 Å². The molecule has 20 nitrogen and oxygen atoms in total. The van der Waals surface area contributed by atoms with Crippen LogP contribution in [0, 0.1) is 6.92 Å². The van der Waals surface area contributed by atoms with Crippen molar-refractivity contribution in [2.75, 3.05) is 0 Å². The SMILES string of the molecule is Cc1cccc(Cc2c(C3CCC(c4ccccc4)CC3)[nH]c(=O)[nH]c2=O)n1.Cn1c(=O)[nH]c(C2CCC(c3ccccc3)CC2)c(Cc2ccccc2)c1=O.O=c1[nH]c(C2CCC(c3ccccc3)CC2)c(Cc2cccc(C(F)(F)F)n2)c(=O)[nH]1.O=c1[nH]c(C2CCC(c3ccccc3)CC2)c(Cc2ncccn2)c(=O)[nH]1. The van der Waals surface area contributed by atoms with E-state index in [4.69, 9.17) is 0 Å². The number of hydrogen-bond donors (Lipinski definition) is 7. The molecule has 0 spiro atoms. The van der Waals surface area contributed by atoms with Gasteiger partial charge in [0.2, 0.25) is 0 Å². The maximum atomic E-state index is 13.0. The van der Waals surface area contributed by atoms with Gasteiger partial charge in [-0.3, -0.25) is 43.7 Å². The first-order chi connectivity index (χ1) is 55.2. The summed E-state index contributed by atoms with van der Waals surface area (Å²) >= 11 is 0. The summed E-state index contributed by atoms with van der Waals surface area (Å²) in [6, 6.07) is 63.2. The van der Waals surface area contributed by atoms with Crippen LogP contribution in [0.1, 0.15) is 252 Å². The van der Waals surface area contributed by atoms with E-state index in [2.05, 4.69) is 146 Å². The van der Waals surface area contributed by atoms with Crippen LogP contribution in [-0.2, 0) is 38.9 Å². The Morgan fingerprint density at radius 1 is 0.342 bits per heavy atom. The summed E-state index contributed by atoms with van der Waals surface area (Å²) in [5, 5.41) is 0. The number of hydrogen-bond acceptors (Lipinski definition) is 12. The molecular weight excluding hydrogens is 1450 g/mol. The lowest BCUT2D eigenvalue weighted by Crippen LogP contribution is -2.37. The minimum absolute atomic E-state index is 0.0317. The Balaban J connectivity index is 0.000000133. The first-order valence-electron chi connectivity index (χ1n) is 39.6. The topological polar surface area (TPSA) is 304 Å². The molecule has 588 valence electrons. The molecule has 16 rings (SSSR count). The summed E-state index contributed by atoms with van der Waals surface area (Å²) in [7, 11) is 1.55. The van der Waals surface area contributed by atoms with Crippen LogP contribution in [0.25, 0.3) is 0 Å². The quantitative estimate of drug-likeness (QED) is 0.0475. The highest BCUT2D eigenvalue weighted by Crippen LogP contribution is 2.45. The van der Waals surface area contributed by atoms with Crippen LogP contribution in [0.5, 0.6) is 0 Å². The van der Waals surface area contributed by atoms with Gasteiger partial charge in [-0.25, -0.2) is 34.1 Å². The highest BCUT2D eigenvalue weighted by Gasteiger charge is 2.35. The minimum atomic E-state index is -4.56. The van der Waals surface area contributed by atoms with Gasteiger partial charge >= 0.3 is 28.9 Å². The molecule has 0 amide bonds. The van der Waals surface area contributed by atoms with Gasteiger partial charge in [0, 0.05) is 107 Å². The molecule has 0 atom stereocenters. The third-order valence-corrected chi connectivity index (χ3v) is 23.2. The lowest BCUT2D eigenvalue weighted by Gasteiger charge is -2.30. The van der Waals surface area contributed by atoms with Gasteiger partial charge in [0.25, 0.3) is 22.2 Å². The van der Waals surface area contributed by atoms with E-state index in [1.165, 1.54) is 39.0 Å². The van der Waals surface area contributed by atoms with Crippen molar-refractivity contribution in [2.45, 2.75) is 189 Å². The van der Waals surface area contributed by atoms with Crippen LogP contribution < -0.4 is 45.0 Å². The number of pyridine rings is 2. The zero-order chi connectivity index (χ0) is 79.7. The third-order valence-electron chi connectivity index (χ3n) is 23.2. The fraction of sp³-hybridized carbons (Fsp3) is 0.341. The molecule has 7 N–H and O–H groups in total. The van der Waals surface area contributed by atoms with Gasteiger partial charge in [-0.2, -0.15) is 13.2 Å². The molecule has 23 heteroatoms. The molecule has 5 aromatic carbocycles. The van der Waals surface area contributed by atoms with Crippen molar-refractivity contribution in [2.24, 2.45) is 7.05 Å². The van der Waals surface area contributed by atoms with Crippen LogP contribution in [0.3, 0.4) is 0 Å². The second-order valence-electron chi connectivity index (χ2n) is 30.6. The monoisotopic (exact) mass is 1540 g/mol. The number of rotatable bonds is 16. The molecule has 12 aromatic rings. The molecule has 0 unspecified atom stereocenters. The fourth-order valence-corrected chi connectivity index (χ4v) is 17.3. The zero-order valence-electron chi connectivity index (χ0n) is 64.0. The summed E-state index contributed by atoms with van der Waals surface area (Å²) < 4.78 is 40.2. The number of aryl methyl sites for hydroxylation is 1. The minimum Gasteiger partial charge on any atom is -0.311 e. The Bertz CT molecular complexity index is 5680. The highest BCUT2D eigenvalue weighted by molar-refractivity contribution is 5.34. The van der Waals surface area contributed by atoms with E-state index in [1.54, 1.807) is 25.5 Å². The maximum Gasteiger partial charge on any atom is 0.433 e. The van der Waals surface area contributed by atoms with E-state index in [0.717, 1.165) is 148 Å². The number of nitrogens with zero attached hydrogens (tertiary/aromatic N) is 5. The maximum absolute atomic E-state index is 13.0. The van der Waals surface area contributed by atoms with Gasteiger partial charge in [0.1, 0.15) is 11.5 Å². The molecule has 0 aliphatic heterocycles. The predicted molar refractivity (Wildman–Crippen MR) is 435 cm³/mol. The predicted octanol–water partition coefficient (Wildman–Crippen LogP) is 15.3. The Hall–Kier alpha value is -12.0. The van der Waals surface area contributed by atoms with E-state index in [0.29, 0.717) is 65.6 Å². The zero-order valence-corrected chi connectivity index (χ0v) is 64.0. The van der Waals surface area contributed by atoms with Crippen molar-refractivity contribution in [3.05, 3.63) is 391 Å². The van der Waals surface area contributed by atoms with Gasteiger partial charge in [-0.1, -0.05) is 164 Å². The molecule has 0 radical (unpaired) electrons. The van der Waals surface area contributed by atoms with Crippen LogP contribution in [0.2, 0.25) is 0 Å². The molecule has 4 aliphatic rings. The Kier molecular flexibility index (Phi) is 26.4. The lowest BCUT2D eigenvalue weighted by molar-refractivity contribution is -0.141. The smallest absolute Gasteiger partial charge is 0.311 e. The number of alkyl halides is 3. The largest absolute Gasteiger partial charge is 0.433 e. The Morgan fingerprint density at radius 2 is 0.667 bits per heavy atom. The van der Waals surface area contributed by atoms with Crippen molar-refractivity contribution in [3.63, 3.8) is 0 Å². The van der Waals surface area contributed by atoms with Gasteiger partial charge in [-0.05, 0) is 215 Å². The second-order valence-corrected chi connectivity index (χ2v) is 30.6. The summed E-state index contributed by atoms with van der Waals surface area (Å²) in [6.07, 6.45) is 15.5. The molecule has 4 aliphatic carbocycles. The average molecular weight is 1540 g/mol. The number of H-pyrrole nitrogens is 7. The summed E-state index contributed by atoms with van der Waals surface area (Å²) in [4.78, 5) is 134. The molecule has 114 heavy (non-hydrogen) atoms.